The van der Waals surface area contributed by atoms with Crippen molar-refractivity contribution in [2.75, 3.05) is 0 Å². The minimum Gasteiger partial charge on any atom is -0.456 e. The fourth-order valence-corrected chi connectivity index (χ4v) is 9.80. The number of furan rings is 2. The molecular weight excluding hydrogens is 641 g/mol. The van der Waals surface area contributed by atoms with Crippen LogP contribution in [0.1, 0.15) is 0 Å². The van der Waals surface area contributed by atoms with Crippen LogP contribution in [0.2, 0.25) is 0 Å². The van der Waals surface area contributed by atoms with Gasteiger partial charge in [-0.1, -0.05) is 115 Å². The van der Waals surface area contributed by atoms with Gasteiger partial charge in [0.2, 0.25) is 0 Å². The molecule has 0 aliphatic rings. The van der Waals surface area contributed by atoms with Crippen LogP contribution in [0.3, 0.4) is 0 Å². The summed E-state index contributed by atoms with van der Waals surface area (Å²) in [6.45, 7) is 0. The summed E-state index contributed by atoms with van der Waals surface area (Å²) >= 11 is 1.87. The minimum absolute atomic E-state index is 0.833. The van der Waals surface area contributed by atoms with Crippen LogP contribution >= 0.6 is 11.3 Å². The van der Waals surface area contributed by atoms with Gasteiger partial charge >= 0.3 is 0 Å². The molecule has 0 aliphatic carbocycles. The highest BCUT2D eigenvalue weighted by Crippen LogP contribution is 2.47. The maximum absolute atomic E-state index is 6.68. The van der Waals surface area contributed by atoms with Gasteiger partial charge in [-0.05, 0) is 97.0 Å². The molecule has 0 spiro atoms. The third-order valence-corrected chi connectivity index (χ3v) is 12.0. The topological polar surface area (TPSA) is 26.3 Å². The average Bonchev–Trinajstić information content (AvgIpc) is 3.87. The first-order chi connectivity index (χ1) is 25.3. The van der Waals surface area contributed by atoms with Crippen LogP contribution in [0.15, 0.2) is 167 Å². The molecule has 0 unspecified atom stereocenters. The second-order valence-corrected chi connectivity index (χ2v) is 14.6. The lowest BCUT2D eigenvalue weighted by Gasteiger charge is -2.18. The van der Waals surface area contributed by atoms with Gasteiger partial charge in [-0.2, -0.15) is 0 Å². The molecule has 12 rings (SSSR count). The van der Waals surface area contributed by atoms with E-state index in [1.54, 1.807) is 0 Å². The molecule has 0 amide bonds. The molecule has 3 heterocycles. The Kier molecular flexibility index (Phi) is 5.41. The Labute approximate surface area is 295 Å². The van der Waals surface area contributed by atoms with Crippen LogP contribution in [0.4, 0.5) is 0 Å². The maximum Gasteiger partial charge on any atom is 0.147 e. The van der Waals surface area contributed by atoms with E-state index in [4.69, 9.17) is 8.83 Å². The molecule has 3 aromatic heterocycles. The van der Waals surface area contributed by atoms with E-state index >= 15 is 0 Å². The molecule has 236 valence electrons. The fraction of sp³-hybridized carbons (Fsp3) is 0. The van der Waals surface area contributed by atoms with Crippen LogP contribution in [0, 0.1) is 0 Å². The van der Waals surface area contributed by atoms with Crippen LogP contribution in [0.5, 0.6) is 0 Å². The predicted molar refractivity (Wildman–Crippen MR) is 217 cm³/mol. The SMILES string of the molecule is c1ccc2c(c1)ccc1oc3c(ccc4oc5ccc(-c6c7ccccc7c(-c7ccc8c(c7)sc7ccccc78)c7ccccc67)cc5c43)c12. The molecule has 9 aromatic carbocycles. The molecule has 0 N–H and O–H groups in total. The van der Waals surface area contributed by atoms with Crippen molar-refractivity contribution >= 4 is 108 Å². The van der Waals surface area contributed by atoms with Crippen molar-refractivity contribution in [1.29, 1.82) is 0 Å². The Morgan fingerprint density at radius 2 is 0.882 bits per heavy atom. The monoisotopic (exact) mass is 666 g/mol. The summed E-state index contributed by atoms with van der Waals surface area (Å²) in [5.74, 6) is 0. The van der Waals surface area contributed by atoms with E-state index in [-0.39, 0.29) is 0 Å². The molecule has 0 radical (unpaired) electrons. The third kappa shape index (κ3) is 3.76. The zero-order valence-corrected chi connectivity index (χ0v) is 28.1. The van der Waals surface area contributed by atoms with Crippen molar-refractivity contribution in [2.24, 2.45) is 0 Å². The Morgan fingerprint density at radius 1 is 0.333 bits per heavy atom. The van der Waals surface area contributed by atoms with E-state index in [1.807, 2.05) is 11.3 Å². The second-order valence-electron chi connectivity index (χ2n) is 13.5. The summed E-state index contributed by atoms with van der Waals surface area (Å²) in [6.07, 6.45) is 0. The van der Waals surface area contributed by atoms with E-state index in [0.29, 0.717) is 0 Å². The Balaban J connectivity index is 1.14. The highest BCUT2D eigenvalue weighted by molar-refractivity contribution is 7.25. The molecule has 0 saturated carbocycles. The van der Waals surface area contributed by atoms with Crippen molar-refractivity contribution in [1.82, 2.24) is 0 Å². The molecule has 0 atom stereocenters. The Morgan fingerprint density at radius 3 is 1.65 bits per heavy atom. The zero-order chi connectivity index (χ0) is 33.2. The number of hydrogen-bond acceptors (Lipinski definition) is 3. The quantitative estimate of drug-likeness (QED) is 0.172. The number of hydrogen-bond donors (Lipinski definition) is 0. The van der Waals surface area contributed by atoms with Crippen molar-refractivity contribution in [3.05, 3.63) is 158 Å². The minimum atomic E-state index is 0.833. The van der Waals surface area contributed by atoms with Gasteiger partial charge in [-0.15, -0.1) is 11.3 Å². The standard InChI is InChI=1S/C48H26O2S/c1-2-10-30-27(9-1)18-23-40-46(30)37-21-24-41-47(48(37)50-40)38-25-28(19-22-39(38)49-41)44-33-12-3-5-14-35(33)45(36-15-6-4-13-34(36)44)29-17-20-32-31-11-7-8-16-42(31)51-43(32)26-29/h1-26H. The average molecular weight is 667 g/mol. The van der Waals surface area contributed by atoms with Gasteiger partial charge in [0, 0.05) is 36.3 Å². The lowest BCUT2D eigenvalue weighted by molar-refractivity contribution is 0.663. The van der Waals surface area contributed by atoms with Crippen molar-refractivity contribution in [2.45, 2.75) is 0 Å². The van der Waals surface area contributed by atoms with Gasteiger partial charge in [-0.25, -0.2) is 0 Å². The van der Waals surface area contributed by atoms with Crippen LogP contribution in [-0.4, -0.2) is 0 Å². The summed E-state index contributed by atoms with van der Waals surface area (Å²) in [6, 6.07) is 57.1. The number of benzene rings is 9. The largest absolute Gasteiger partial charge is 0.456 e. The van der Waals surface area contributed by atoms with Crippen LogP contribution < -0.4 is 0 Å². The predicted octanol–water partition coefficient (Wildman–Crippen LogP) is 14.6. The highest BCUT2D eigenvalue weighted by atomic mass is 32.1. The van der Waals surface area contributed by atoms with Gasteiger partial charge in [0.1, 0.15) is 22.3 Å². The van der Waals surface area contributed by atoms with E-state index in [9.17, 15) is 0 Å². The van der Waals surface area contributed by atoms with Crippen molar-refractivity contribution < 1.29 is 8.83 Å². The molecule has 0 aliphatic heterocycles. The van der Waals surface area contributed by atoms with E-state index < -0.39 is 0 Å². The van der Waals surface area contributed by atoms with Crippen LogP contribution in [-0.2, 0) is 0 Å². The summed E-state index contributed by atoms with van der Waals surface area (Å²) in [7, 11) is 0. The summed E-state index contributed by atoms with van der Waals surface area (Å²) in [5.41, 5.74) is 8.35. The molecule has 0 fully saturated rings. The summed E-state index contributed by atoms with van der Waals surface area (Å²) in [4.78, 5) is 0. The van der Waals surface area contributed by atoms with Crippen LogP contribution in [0.25, 0.3) is 119 Å². The normalized spacial score (nSPS) is 12.3. The number of fused-ring (bicyclic) bond motifs is 14. The lowest BCUT2D eigenvalue weighted by Crippen LogP contribution is -1.90. The number of rotatable bonds is 2. The van der Waals surface area contributed by atoms with Gasteiger partial charge in [0.05, 0.1) is 5.39 Å². The van der Waals surface area contributed by atoms with Gasteiger partial charge in [-0.3, -0.25) is 0 Å². The maximum atomic E-state index is 6.68. The summed E-state index contributed by atoms with van der Waals surface area (Å²) in [5, 5.41) is 14.3. The molecule has 12 aromatic rings. The molecule has 2 nitrogen and oxygen atoms in total. The van der Waals surface area contributed by atoms with Gasteiger partial charge in [0.15, 0.2) is 0 Å². The van der Waals surface area contributed by atoms with E-state index in [1.165, 1.54) is 69.2 Å². The molecule has 3 heteroatoms. The van der Waals surface area contributed by atoms with E-state index in [2.05, 4.69) is 158 Å². The van der Waals surface area contributed by atoms with Crippen molar-refractivity contribution in [3.8, 4) is 22.3 Å². The zero-order valence-electron chi connectivity index (χ0n) is 27.2. The van der Waals surface area contributed by atoms with Gasteiger partial charge < -0.3 is 8.83 Å². The van der Waals surface area contributed by atoms with E-state index in [0.717, 1.165) is 49.4 Å². The Bertz CT molecular complexity index is 3370. The van der Waals surface area contributed by atoms with Crippen molar-refractivity contribution in [3.63, 3.8) is 0 Å². The molecule has 51 heavy (non-hydrogen) atoms. The number of thiophene rings is 1. The first-order valence-electron chi connectivity index (χ1n) is 17.3. The second kappa shape index (κ2) is 10.1. The first-order valence-corrected chi connectivity index (χ1v) is 18.1. The molecule has 0 saturated heterocycles. The summed E-state index contributed by atoms with van der Waals surface area (Å²) < 4.78 is 15.8. The highest BCUT2D eigenvalue weighted by Gasteiger charge is 2.21. The smallest absolute Gasteiger partial charge is 0.147 e. The third-order valence-electron chi connectivity index (χ3n) is 10.8. The lowest BCUT2D eigenvalue weighted by atomic mass is 9.85. The first kappa shape index (κ1) is 27.4. The Hall–Kier alpha value is -6.42. The van der Waals surface area contributed by atoms with Gasteiger partial charge in [0.25, 0.3) is 0 Å². The molecule has 0 bridgehead atoms. The fourth-order valence-electron chi connectivity index (χ4n) is 8.65. The molecular formula is C48H26O2S.